The molecular formula is C10H18N2O. The molecule has 3 nitrogen and oxygen atoms in total. The van der Waals surface area contributed by atoms with Gasteiger partial charge in [-0.15, -0.1) is 0 Å². The van der Waals surface area contributed by atoms with Gasteiger partial charge < -0.3 is 9.74 Å². The lowest BCUT2D eigenvalue weighted by molar-refractivity contribution is 0.0727. The van der Waals surface area contributed by atoms with E-state index < -0.39 is 0 Å². The van der Waals surface area contributed by atoms with E-state index in [0.717, 1.165) is 0 Å². The summed E-state index contributed by atoms with van der Waals surface area (Å²) in [6.07, 6.45) is 5.86. The van der Waals surface area contributed by atoms with E-state index in [2.05, 4.69) is 16.3 Å². The molecule has 0 N–H and O–H groups in total. The van der Waals surface area contributed by atoms with Gasteiger partial charge in [0.1, 0.15) is 6.61 Å². The van der Waals surface area contributed by atoms with E-state index in [1.165, 1.54) is 38.9 Å². The summed E-state index contributed by atoms with van der Waals surface area (Å²) >= 11 is 0. The number of oxime groups is 1. The summed E-state index contributed by atoms with van der Waals surface area (Å²) in [5, 5.41) is 4.04. The van der Waals surface area contributed by atoms with Crippen molar-refractivity contribution >= 4 is 6.21 Å². The van der Waals surface area contributed by atoms with E-state index >= 15 is 0 Å². The average molecular weight is 182 g/mol. The molecular weight excluding hydrogens is 164 g/mol. The predicted molar refractivity (Wildman–Crippen MR) is 52.8 cm³/mol. The monoisotopic (exact) mass is 182 g/mol. The van der Waals surface area contributed by atoms with E-state index in [4.69, 9.17) is 4.84 Å². The molecule has 0 aromatic heterocycles. The quantitative estimate of drug-likeness (QED) is 0.488. The molecule has 0 unspecified atom stereocenters. The Hall–Kier alpha value is -0.570. The van der Waals surface area contributed by atoms with Crippen LogP contribution in [0.2, 0.25) is 0 Å². The zero-order chi connectivity index (χ0) is 9.15. The maximum atomic E-state index is 5.04. The fourth-order valence-corrected chi connectivity index (χ4v) is 2.27. The van der Waals surface area contributed by atoms with Gasteiger partial charge in [0.05, 0.1) is 6.21 Å². The first-order valence-corrected chi connectivity index (χ1v) is 5.23. The Morgan fingerprint density at radius 1 is 1.31 bits per heavy atom. The molecule has 3 heteroatoms. The van der Waals surface area contributed by atoms with E-state index in [1.54, 1.807) is 0 Å². The molecule has 0 amide bonds. The topological polar surface area (TPSA) is 24.8 Å². The van der Waals surface area contributed by atoms with Crippen LogP contribution in [-0.2, 0) is 4.84 Å². The largest absolute Gasteiger partial charge is 0.396 e. The van der Waals surface area contributed by atoms with Crippen molar-refractivity contribution < 1.29 is 4.84 Å². The summed E-state index contributed by atoms with van der Waals surface area (Å²) in [5.74, 6) is 0. The SMILES string of the molecule is CCON=CC12CCN(CC1)CC2. The van der Waals surface area contributed by atoms with Crippen LogP contribution in [0.1, 0.15) is 26.2 Å². The number of rotatable bonds is 3. The van der Waals surface area contributed by atoms with Crippen molar-refractivity contribution in [1.82, 2.24) is 4.90 Å². The Labute approximate surface area is 79.7 Å². The molecule has 0 atom stereocenters. The summed E-state index contributed by atoms with van der Waals surface area (Å²) in [5.41, 5.74) is 0.379. The second-order valence-corrected chi connectivity index (χ2v) is 4.11. The van der Waals surface area contributed by atoms with Crippen LogP contribution in [0.5, 0.6) is 0 Å². The fourth-order valence-electron chi connectivity index (χ4n) is 2.27. The zero-order valence-corrected chi connectivity index (χ0v) is 8.33. The summed E-state index contributed by atoms with van der Waals surface area (Å²) in [4.78, 5) is 7.57. The first kappa shape index (κ1) is 9.00. The first-order chi connectivity index (χ1) is 6.35. The van der Waals surface area contributed by atoms with Crippen molar-refractivity contribution in [2.75, 3.05) is 26.2 Å². The summed E-state index contributed by atoms with van der Waals surface area (Å²) in [7, 11) is 0. The molecule has 3 saturated heterocycles. The highest BCUT2D eigenvalue weighted by molar-refractivity contribution is 5.65. The van der Waals surface area contributed by atoms with Gasteiger partial charge in [0.25, 0.3) is 0 Å². The van der Waals surface area contributed by atoms with Crippen molar-refractivity contribution in [3.63, 3.8) is 0 Å². The van der Waals surface area contributed by atoms with Crippen LogP contribution in [-0.4, -0.2) is 37.4 Å². The molecule has 0 radical (unpaired) electrons. The molecule has 0 aromatic rings. The van der Waals surface area contributed by atoms with Crippen LogP contribution in [0.3, 0.4) is 0 Å². The third-order valence-corrected chi connectivity index (χ3v) is 3.31. The minimum absolute atomic E-state index is 0.379. The fraction of sp³-hybridized carbons (Fsp3) is 0.900. The second-order valence-electron chi connectivity index (χ2n) is 4.11. The number of hydrogen-bond acceptors (Lipinski definition) is 3. The van der Waals surface area contributed by atoms with Gasteiger partial charge in [-0.3, -0.25) is 0 Å². The maximum absolute atomic E-state index is 5.04. The van der Waals surface area contributed by atoms with E-state index in [9.17, 15) is 0 Å². The number of piperidine rings is 3. The van der Waals surface area contributed by atoms with Crippen LogP contribution in [0.4, 0.5) is 0 Å². The molecule has 0 aliphatic carbocycles. The summed E-state index contributed by atoms with van der Waals surface area (Å²) < 4.78 is 0. The molecule has 3 rings (SSSR count). The minimum atomic E-state index is 0.379. The standard InChI is InChI=1S/C10H18N2O/c1-2-13-11-9-10-3-6-12(7-4-10)8-5-10/h9H,2-8H2,1H3. The van der Waals surface area contributed by atoms with Gasteiger partial charge in [-0.05, 0) is 45.8 Å². The number of fused-ring (bicyclic) bond motifs is 3. The molecule has 0 spiro atoms. The minimum Gasteiger partial charge on any atom is -0.396 e. The highest BCUT2D eigenvalue weighted by Crippen LogP contribution is 2.38. The van der Waals surface area contributed by atoms with Gasteiger partial charge >= 0.3 is 0 Å². The van der Waals surface area contributed by atoms with Gasteiger partial charge in [-0.25, -0.2) is 0 Å². The molecule has 3 aliphatic rings. The number of hydrogen-bond donors (Lipinski definition) is 0. The van der Waals surface area contributed by atoms with E-state index in [1.807, 2.05) is 6.92 Å². The molecule has 0 saturated carbocycles. The van der Waals surface area contributed by atoms with Gasteiger partial charge in [-0.2, -0.15) is 0 Å². The Bertz CT molecular complexity index is 181. The van der Waals surface area contributed by atoms with Gasteiger partial charge in [0, 0.05) is 5.41 Å². The molecule has 13 heavy (non-hydrogen) atoms. The third-order valence-electron chi connectivity index (χ3n) is 3.31. The Morgan fingerprint density at radius 2 is 1.92 bits per heavy atom. The molecule has 3 aliphatic heterocycles. The zero-order valence-electron chi connectivity index (χ0n) is 8.33. The van der Waals surface area contributed by atoms with Crippen LogP contribution in [0, 0.1) is 5.41 Å². The summed E-state index contributed by atoms with van der Waals surface area (Å²) in [6, 6.07) is 0. The van der Waals surface area contributed by atoms with Crippen molar-refractivity contribution in [1.29, 1.82) is 0 Å². The van der Waals surface area contributed by atoms with Gasteiger partial charge in [0.15, 0.2) is 0 Å². The van der Waals surface area contributed by atoms with Crippen LogP contribution in [0.15, 0.2) is 5.16 Å². The lowest BCUT2D eigenvalue weighted by Gasteiger charge is -2.46. The van der Waals surface area contributed by atoms with Crippen molar-refractivity contribution in [2.45, 2.75) is 26.2 Å². The normalized spacial score (nSPS) is 38.4. The highest BCUT2D eigenvalue weighted by Gasteiger charge is 2.38. The number of nitrogens with zero attached hydrogens (tertiary/aromatic N) is 2. The van der Waals surface area contributed by atoms with Crippen LogP contribution in [0.25, 0.3) is 0 Å². The predicted octanol–water partition coefficient (Wildman–Crippen LogP) is 1.49. The smallest absolute Gasteiger partial charge is 0.114 e. The van der Waals surface area contributed by atoms with Crippen LogP contribution >= 0.6 is 0 Å². The van der Waals surface area contributed by atoms with Crippen LogP contribution < -0.4 is 0 Å². The van der Waals surface area contributed by atoms with E-state index in [-0.39, 0.29) is 0 Å². The lowest BCUT2D eigenvalue weighted by atomic mass is 9.73. The molecule has 3 heterocycles. The average Bonchev–Trinajstić information content (AvgIpc) is 2.21. The van der Waals surface area contributed by atoms with Crippen molar-refractivity contribution in [3.05, 3.63) is 0 Å². The summed E-state index contributed by atoms with van der Waals surface area (Å²) in [6.45, 7) is 6.39. The molecule has 74 valence electrons. The Kier molecular flexibility index (Phi) is 2.54. The Balaban J connectivity index is 1.94. The molecule has 3 fully saturated rings. The van der Waals surface area contributed by atoms with Gasteiger partial charge in [0.2, 0.25) is 0 Å². The Morgan fingerprint density at radius 3 is 2.46 bits per heavy atom. The van der Waals surface area contributed by atoms with E-state index in [0.29, 0.717) is 12.0 Å². The molecule has 0 aromatic carbocycles. The first-order valence-electron chi connectivity index (χ1n) is 5.23. The van der Waals surface area contributed by atoms with Gasteiger partial charge in [-0.1, -0.05) is 5.16 Å². The maximum Gasteiger partial charge on any atom is 0.114 e. The third kappa shape index (κ3) is 1.85. The molecule has 2 bridgehead atoms. The lowest BCUT2D eigenvalue weighted by Crippen LogP contribution is -2.48. The second kappa shape index (κ2) is 3.66. The van der Waals surface area contributed by atoms with Crippen molar-refractivity contribution in [2.24, 2.45) is 10.6 Å². The highest BCUT2D eigenvalue weighted by atomic mass is 16.6. The van der Waals surface area contributed by atoms with Crippen molar-refractivity contribution in [3.8, 4) is 0 Å².